The van der Waals surface area contributed by atoms with Crippen molar-refractivity contribution in [1.82, 2.24) is 0 Å². The maximum atomic E-state index is 12.1. The number of carbonyl (C=O) groups is 1. The molecule has 1 unspecified atom stereocenters. The Morgan fingerprint density at radius 1 is 1.05 bits per heavy atom. The smallest absolute Gasteiger partial charge is 0.339 e. The second kappa shape index (κ2) is 4.23. The minimum atomic E-state index is -0.570. The van der Waals surface area contributed by atoms with Gasteiger partial charge in [-0.3, -0.25) is 0 Å². The van der Waals surface area contributed by atoms with Crippen LogP contribution in [0, 0.1) is 6.92 Å². The predicted octanol–water partition coefficient (Wildman–Crippen LogP) is 3.62. The van der Waals surface area contributed by atoms with Crippen molar-refractivity contribution >= 4 is 5.97 Å². The largest absolute Gasteiger partial charge is 0.451 e. The molecule has 1 aliphatic heterocycles. The van der Waals surface area contributed by atoms with Gasteiger partial charge in [-0.1, -0.05) is 48.0 Å². The van der Waals surface area contributed by atoms with Crippen LogP contribution in [0.15, 0.2) is 48.5 Å². The van der Waals surface area contributed by atoms with E-state index in [4.69, 9.17) is 4.74 Å². The van der Waals surface area contributed by atoms with Crippen molar-refractivity contribution in [3.05, 3.63) is 70.8 Å². The molecular formula is C17H16O2. The number of benzene rings is 2. The molecule has 1 heterocycles. The maximum absolute atomic E-state index is 12.1. The van der Waals surface area contributed by atoms with Crippen molar-refractivity contribution in [3.63, 3.8) is 0 Å². The Balaban J connectivity index is 2.04. The first-order valence-corrected chi connectivity index (χ1v) is 6.47. The van der Waals surface area contributed by atoms with Crippen LogP contribution < -0.4 is 0 Å². The lowest BCUT2D eigenvalue weighted by Gasteiger charge is -2.35. The van der Waals surface area contributed by atoms with Gasteiger partial charge in [0.1, 0.15) is 5.60 Å². The van der Waals surface area contributed by atoms with Crippen molar-refractivity contribution in [1.29, 1.82) is 0 Å². The molecule has 2 aromatic rings. The molecular weight excluding hydrogens is 236 g/mol. The first kappa shape index (κ1) is 12.0. The molecule has 96 valence electrons. The first-order valence-electron chi connectivity index (χ1n) is 6.47. The number of aryl methyl sites for hydroxylation is 1. The van der Waals surface area contributed by atoms with E-state index in [2.05, 4.69) is 12.1 Å². The van der Waals surface area contributed by atoms with E-state index < -0.39 is 5.60 Å². The van der Waals surface area contributed by atoms with E-state index in [-0.39, 0.29) is 5.97 Å². The highest BCUT2D eigenvalue weighted by Gasteiger charge is 2.37. The molecule has 0 saturated heterocycles. The topological polar surface area (TPSA) is 26.3 Å². The quantitative estimate of drug-likeness (QED) is 0.724. The van der Waals surface area contributed by atoms with Gasteiger partial charge in [0.05, 0.1) is 5.56 Å². The van der Waals surface area contributed by atoms with Gasteiger partial charge in [0, 0.05) is 6.42 Å². The van der Waals surface area contributed by atoms with Gasteiger partial charge in [0.15, 0.2) is 0 Å². The van der Waals surface area contributed by atoms with Gasteiger partial charge in [-0.2, -0.15) is 0 Å². The summed E-state index contributed by atoms with van der Waals surface area (Å²) in [6, 6.07) is 15.8. The van der Waals surface area contributed by atoms with Gasteiger partial charge < -0.3 is 4.74 Å². The van der Waals surface area contributed by atoms with Crippen molar-refractivity contribution in [2.45, 2.75) is 25.9 Å². The van der Waals surface area contributed by atoms with Crippen LogP contribution in [0.5, 0.6) is 0 Å². The van der Waals surface area contributed by atoms with Crippen molar-refractivity contribution < 1.29 is 9.53 Å². The number of fused-ring (bicyclic) bond motifs is 1. The van der Waals surface area contributed by atoms with Crippen molar-refractivity contribution in [2.75, 3.05) is 0 Å². The highest BCUT2D eigenvalue weighted by atomic mass is 16.6. The van der Waals surface area contributed by atoms with E-state index in [0.29, 0.717) is 5.56 Å². The molecule has 0 amide bonds. The first-order chi connectivity index (χ1) is 9.08. The summed E-state index contributed by atoms with van der Waals surface area (Å²) >= 11 is 0. The standard InChI is InChI=1S/C17H16O2/c1-12-7-9-14(10-8-12)17(2)11-13-5-3-4-6-15(13)16(18)19-17/h3-10H,11H2,1-2H3. The fraction of sp³-hybridized carbons (Fsp3) is 0.235. The summed E-state index contributed by atoms with van der Waals surface area (Å²) in [5, 5.41) is 0. The number of carbonyl (C=O) groups excluding carboxylic acids is 1. The minimum absolute atomic E-state index is 0.232. The van der Waals surface area contributed by atoms with E-state index in [9.17, 15) is 4.79 Å². The molecule has 0 saturated carbocycles. The van der Waals surface area contributed by atoms with E-state index in [1.54, 1.807) is 0 Å². The minimum Gasteiger partial charge on any atom is -0.451 e. The number of hydrogen-bond acceptors (Lipinski definition) is 2. The SMILES string of the molecule is Cc1ccc(C2(C)Cc3ccccc3C(=O)O2)cc1. The molecule has 0 bridgehead atoms. The van der Waals surface area contributed by atoms with Crippen LogP contribution >= 0.6 is 0 Å². The fourth-order valence-corrected chi connectivity index (χ4v) is 2.60. The van der Waals surface area contributed by atoms with Crippen molar-refractivity contribution in [2.24, 2.45) is 0 Å². The Hall–Kier alpha value is -2.09. The van der Waals surface area contributed by atoms with Crippen molar-refractivity contribution in [3.8, 4) is 0 Å². The molecule has 0 radical (unpaired) electrons. The van der Waals surface area contributed by atoms with E-state index >= 15 is 0 Å². The van der Waals surface area contributed by atoms with Crippen LogP contribution in [0.2, 0.25) is 0 Å². The maximum Gasteiger partial charge on any atom is 0.339 e. The molecule has 19 heavy (non-hydrogen) atoms. The van der Waals surface area contributed by atoms with E-state index in [1.165, 1.54) is 5.56 Å². The zero-order valence-corrected chi connectivity index (χ0v) is 11.1. The molecule has 2 heteroatoms. The van der Waals surface area contributed by atoms with Gasteiger partial charge in [-0.15, -0.1) is 0 Å². The van der Waals surface area contributed by atoms with Gasteiger partial charge in [-0.25, -0.2) is 4.79 Å². The fourth-order valence-electron chi connectivity index (χ4n) is 2.60. The molecule has 0 fully saturated rings. The summed E-state index contributed by atoms with van der Waals surface area (Å²) in [7, 11) is 0. The lowest BCUT2D eigenvalue weighted by Crippen LogP contribution is -2.36. The second-order valence-corrected chi connectivity index (χ2v) is 5.32. The van der Waals surface area contributed by atoms with Gasteiger partial charge in [-0.05, 0) is 31.0 Å². The normalized spacial score (nSPS) is 21.7. The lowest BCUT2D eigenvalue weighted by molar-refractivity contribution is -0.0182. The van der Waals surface area contributed by atoms with Gasteiger partial charge in [0.2, 0.25) is 0 Å². The summed E-state index contributed by atoms with van der Waals surface area (Å²) in [4.78, 5) is 12.1. The monoisotopic (exact) mass is 252 g/mol. The average molecular weight is 252 g/mol. The van der Waals surface area contributed by atoms with Crippen LogP contribution in [-0.4, -0.2) is 5.97 Å². The van der Waals surface area contributed by atoms with Crippen LogP contribution in [0.25, 0.3) is 0 Å². The summed E-state index contributed by atoms with van der Waals surface area (Å²) in [6.45, 7) is 4.03. The zero-order chi connectivity index (χ0) is 13.5. The summed E-state index contributed by atoms with van der Waals surface area (Å²) < 4.78 is 5.69. The van der Waals surface area contributed by atoms with E-state index in [1.807, 2.05) is 50.2 Å². The Labute approximate surface area is 113 Å². The third-order valence-corrected chi connectivity index (χ3v) is 3.75. The predicted molar refractivity (Wildman–Crippen MR) is 74.1 cm³/mol. The number of hydrogen-bond donors (Lipinski definition) is 0. The van der Waals surface area contributed by atoms with Crippen LogP contribution in [0.1, 0.15) is 34.0 Å². The third-order valence-electron chi connectivity index (χ3n) is 3.75. The number of ether oxygens (including phenoxy) is 1. The summed E-state index contributed by atoms with van der Waals surface area (Å²) in [5.41, 5.74) is 3.42. The Morgan fingerprint density at radius 2 is 1.74 bits per heavy atom. The van der Waals surface area contributed by atoms with Gasteiger partial charge in [0.25, 0.3) is 0 Å². The lowest BCUT2D eigenvalue weighted by atomic mass is 9.84. The van der Waals surface area contributed by atoms with Crippen LogP contribution in [0.4, 0.5) is 0 Å². The molecule has 1 aliphatic rings. The molecule has 2 aromatic carbocycles. The molecule has 0 aromatic heterocycles. The average Bonchev–Trinajstić information content (AvgIpc) is 2.39. The molecule has 1 atom stereocenters. The number of rotatable bonds is 1. The van der Waals surface area contributed by atoms with Crippen LogP contribution in [0.3, 0.4) is 0 Å². The molecule has 0 spiro atoms. The highest BCUT2D eigenvalue weighted by Crippen LogP contribution is 2.35. The Morgan fingerprint density at radius 3 is 2.47 bits per heavy atom. The number of esters is 1. The summed E-state index contributed by atoms with van der Waals surface area (Å²) in [5.74, 6) is -0.232. The Bertz CT molecular complexity index is 628. The Kier molecular flexibility index (Phi) is 2.67. The molecule has 2 nitrogen and oxygen atoms in total. The molecule has 3 rings (SSSR count). The number of cyclic esters (lactones) is 1. The van der Waals surface area contributed by atoms with Crippen LogP contribution in [-0.2, 0) is 16.8 Å². The summed E-state index contributed by atoms with van der Waals surface area (Å²) in [6.07, 6.45) is 0.720. The molecule has 0 N–H and O–H groups in total. The highest BCUT2D eigenvalue weighted by molar-refractivity contribution is 5.92. The van der Waals surface area contributed by atoms with Gasteiger partial charge >= 0.3 is 5.97 Å². The third kappa shape index (κ3) is 2.03. The zero-order valence-electron chi connectivity index (χ0n) is 11.1. The van der Waals surface area contributed by atoms with E-state index in [0.717, 1.165) is 17.5 Å². The second-order valence-electron chi connectivity index (χ2n) is 5.32. The molecule has 0 aliphatic carbocycles.